The minimum absolute atomic E-state index is 0.545. The fourth-order valence-corrected chi connectivity index (χ4v) is 0.953. The molecule has 0 saturated carbocycles. The minimum atomic E-state index is 0.545. The molecule has 0 bridgehead atoms. The van der Waals surface area contributed by atoms with Gasteiger partial charge in [-0.2, -0.15) is 0 Å². The van der Waals surface area contributed by atoms with Crippen molar-refractivity contribution in [2.24, 2.45) is 0 Å². The quantitative estimate of drug-likeness (QED) is 0.439. The standard InChI is InChI=1S/C8H8OS/c1-7(10-9)8-5-3-2-4-6-8/h2-6H,1H3. The van der Waals surface area contributed by atoms with Crippen molar-refractivity contribution < 1.29 is 4.21 Å². The van der Waals surface area contributed by atoms with Gasteiger partial charge < -0.3 is 0 Å². The number of hydrogen-bond acceptors (Lipinski definition) is 1. The highest BCUT2D eigenvalue weighted by Crippen LogP contribution is 1.97. The Morgan fingerprint density at radius 3 is 2.40 bits per heavy atom. The Labute approximate surface area is 63.8 Å². The average molecular weight is 152 g/mol. The molecule has 0 spiro atoms. The van der Waals surface area contributed by atoms with Crippen molar-refractivity contribution in [3.63, 3.8) is 0 Å². The summed E-state index contributed by atoms with van der Waals surface area (Å²) in [4.78, 5) is 0.820. The van der Waals surface area contributed by atoms with E-state index < -0.39 is 0 Å². The summed E-state index contributed by atoms with van der Waals surface area (Å²) in [5.74, 6) is 0. The first-order valence-electron chi connectivity index (χ1n) is 3.03. The van der Waals surface area contributed by atoms with Crippen molar-refractivity contribution in [1.29, 1.82) is 0 Å². The summed E-state index contributed by atoms with van der Waals surface area (Å²) in [6.45, 7) is 1.83. The van der Waals surface area contributed by atoms with Gasteiger partial charge in [0.15, 0.2) is 0 Å². The second-order valence-corrected chi connectivity index (χ2v) is 2.78. The first kappa shape index (κ1) is 7.22. The van der Waals surface area contributed by atoms with E-state index in [1.807, 2.05) is 37.3 Å². The van der Waals surface area contributed by atoms with Crippen LogP contribution in [-0.2, 0) is 11.3 Å². The lowest BCUT2D eigenvalue weighted by atomic mass is 10.2. The molecule has 1 aromatic carbocycles. The van der Waals surface area contributed by atoms with Crippen molar-refractivity contribution in [1.82, 2.24) is 0 Å². The van der Waals surface area contributed by atoms with Gasteiger partial charge in [0.2, 0.25) is 0 Å². The molecule has 0 radical (unpaired) electrons. The summed E-state index contributed by atoms with van der Waals surface area (Å²) < 4.78 is 10.3. The van der Waals surface area contributed by atoms with Crippen molar-refractivity contribution in [3.8, 4) is 0 Å². The Morgan fingerprint density at radius 2 is 1.90 bits per heavy atom. The highest BCUT2D eigenvalue weighted by Gasteiger charge is 1.91. The normalized spacial score (nSPS) is 8.90. The lowest BCUT2D eigenvalue weighted by Gasteiger charge is -1.92. The van der Waals surface area contributed by atoms with Gasteiger partial charge in [-0.15, -0.1) is 0 Å². The van der Waals surface area contributed by atoms with Crippen LogP contribution in [0, 0.1) is 0 Å². The zero-order chi connectivity index (χ0) is 7.40. The van der Waals surface area contributed by atoms with Crippen molar-refractivity contribution in [2.75, 3.05) is 0 Å². The molecule has 1 nitrogen and oxygen atoms in total. The van der Waals surface area contributed by atoms with Gasteiger partial charge >= 0.3 is 0 Å². The van der Waals surface area contributed by atoms with Gasteiger partial charge in [-0.1, -0.05) is 30.3 Å². The smallest absolute Gasteiger partial charge is 0.0923 e. The van der Waals surface area contributed by atoms with E-state index in [2.05, 4.69) is 0 Å². The molecule has 0 heterocycles. The molecule has 0 aliphatic rings. The van der Waals surface area contributed by atoms with E-state index >= 15 is 0 Å². The van der Waals surface area contributed by atoms with Crippen LogP contribution in [0.2, 0.25) is 0 Å². The van der Waals surface area contributed by atoms with Crippen LogP contribution in [0.3, 0.4) is 0 Å². The van der Waals surface area contributed by atoms with Gasteiger partial charge in [0.25, 0.3) is 0 Å². The molecule has 0 saturated heterocycles. The van der Waals surface area contributed by atoms with Gasteiger partial charge in [0.05, 0.1) is 11.3 Å². The molecule has 2 heteroatoms. The maximum Gasteiger partial charge on any atom is 0.0923 e. The van der Waals surface area contributed by atoms with E-state index in [1.165, 1.54) is 0 Å². The molecule has 0 fully saturated rings. The molecular weight excluding hydrogens is 144 g/mol. The summed E-state index contributed by atoms with van der Waals surface area (Å²) in [6, 6.07) is 9.65. The maximum absolute atomic E-state index is 10.3. The second kappa shape index (κ2) is 3.32. The van der Waals surface area contributed by atoms with Crippen molar-refractivity contribution in [2.45, 2.75) is 6.92 Å². The first-order chi connectivity index (χ1) is 4.84. The summed E-state index contributed by atoms with van der Waals surface area (Å²) in [6.07, 6.45) is 0. The monoisotopic (exact) mass is 152 g/mol. The van der Waals surface area contributed by atoms with Crippen LogP contribution >= 0.6 is 0 Å². The summed E-state index contributed by atoms with van der Waals surface area (Å²) in [5, 5.41) is 0. The topological polar surface area (TPSA) is 17.1 Å². The molecule has 10 heavy (non-hydrogen) atoms. The molecule has 0 aromatic heterocycles. The predicted octanol–water partition coefficient (Wildman–Crippen LogP) is 1.44. The maximum atomic E-state index is 10.3. The molecule has 0 N–H and O–H groups in total. The molecule has 1 aromatic rings. The number of benzene rings is 1. The molecule has 52 valence electrons. The van der Waals surface area contributed by atoms with E-state index in [-0.39, 0.29) is 0 Å². The molecule has 0 atom stereocenters. The zero-order valence-corrected chi connectivity index (χ0v) is 6.52. The summed E-state index contributed by atoms with van der Waals surface area (Å²) >= 11 is 0.545. The fraction of sp³-hybridized carbons (Fsp3) is 0.125. The highest BCUT2D eigenvalue weighted by molar-refractivity contribution is 7.67. The van der Waals surface area contributed by atoms with Gasteiger partial charge in [0.1, 0.15) is 0 Å². The predicted molar refractivity (Wildman–Crippen MR) is 44.4 cm³/mol. The highest BCUT2D eigenvalue weighted by atomic mass is 32.1. The van der Waals surface area contributed by atoms with Crippen molar-refractivity contribution in [3.05, 3.63) is 35.9 Å². The Kier molecular flexibility index (Phi) is 2.40. The van der Waals surface area contributed by atoms with Gasteiger partial charge in [-0.3, -0.25) is 0 Å². The van der Waals surface area contributed by atoms with Crippen LogP contribution < -0.4 is 0 Å². The van der Waals surface area contributed by atoms with Crippen LogP contribution in [0.4, 0.5) is 0 Å². The van der Waals surface area contributed by atoms with Crippen molar-refractivity contribution >= 4 is 16.1 Å². The van der Waals surface area contributed by atoms with Crippen LogP contribution in [0.1, 0.15) is 12.5 Å². The SMILES string of the molecule is CC(=S=O)c1ccccc1. The molecule has 0 aliphatic carbocycles. The van der Waals surface area contributed by atoms with E-state index in [9.17, 15) is 4.21 Å². The van der Waals surface area contributed by atoms with Gasteiger partial charge in [-0.25, -0.2) is 4.21 Å². The summed E-state index contributed by atoms with van der Waals surface area (Å²) in [7, 11) is 0. The van der Waals surface area contributed by atoms with E-state index in [0.29, 0.717) is 11.3 Å². The van der Waals surface area contributed by atoms with Crippen LogP contribution in [0.25, 0.3) is 0 Å². The molecule has 0 unspecified atom stereocenters. The van der Waals surface area contributed by atoms with E-state index in [1.54, 1.807) is 0 Å². The largest absolute Gasteiger partial charge is 0.212 e. The van der Waals surface area contributed by atoms with Gasteiger partial charge in [-0.05, 0) is 12.5 Å². The molecule has 1 rings (SSSR count). The zero-order valence-electron chi connectivity index (χ0n) is 5.70. The van der Waals surface area contributed by atoms with E-state index in [0.717, 1.165) is 10.4 Å². The van der Waals surface area contributed by atoms with Crippen LogP contribution in [0.5, 0.6) is 0 Å². The fourth-order valence-electron chi connectivity index (χ4n) is 0.721. The summed E-state index contributed by atoms with van der Waals surface area (Å²) in [5.41, 5.74) is 1.02. The molecular formula is C8H8OS. The minimum Gasteiger partial charge on any atom is -0.212 e. The van der Waals surface area contributed by atoms with Crippen LogP contribution in [-0.4, -0.2) is 9.07 Å². The number of hydrogen-bond donors (Lipinski definition) is 0. The number of rotatable bonds is 1. The molecule has 0 aliphatic heterocycles. The lowest BCUT2D eigenvalue weighted by Crippen LogP contribution is -1.91. The Morgan fingerprint density at radius 1 is 1.30 bits per heavy atom. The Balaban J connectivity index is 3.08. The van der Waals surface area contributed by atoms with E-state index in [4.69, 9.17) is 0 Å². The third kappa shape index (κ3) is 1.54. The third-order valence-corrected chi connectivity index (χ3v) is 1.79. The average Bonchev–Trinajstić information content (AvgIpc) is 2.05. The second-order valence-electron chi connectivity index (χ2n) is 2.01. The lowest BCUT2D eigenvalue weighted by molar-refractivity contribution is 0.701. The Hall–Kier alpha value is -0.890. The molecule has 0 amide bonds. The van der Waals surface area contributed by atoms with Gasteiger partial charge in [0, 0.05) is 4.86 Å². The first-order valence-corrected chi connectivity index (χ1v) is 3.77. The van der Waals surface area contributed by atoms with Crippen LogP contribution in [0.15, 0.2) is 30.3 Å². The third-order valence-electron chi connectivity index (χ3n) is 1.31. The Bertz CT molecular complexity index is 260.